The van der Waals surface area contributed by atoms with Crippen LogP contribution >= 0.6 is 11.6 Å². The van der Waals surface area contributed by atoms with Crippen molar-refractivity contribution < 1.29 is 4.79 Å². The van der Waals surface area contributed by atoms with Crippen molar-refractivity contribution in [1.29, 1.82) is 10.5 Å². The van der Waals surface area contributed by atoms with E-state index in [1.54, 1.807) is 24.3 Å². The molecule has 0 heterocycles. The van der Waals surface area contributed by atoms with Crippen LogP contribution in [0.15, 0.2) is 24.3 Å². The maximum absolute atomic E-state index is 12.2. The zero-order valence-corrected chi connectivity index (χ0v) is 10.7. The Balaban J connectivity index is 2.78. The zero-order chi connectivity index (χ0) is 13.4. The van der Waals surface area contributed by atoms with Gasteiger partial charge in [-0.15, -0.1) is 0 Å². The molecule has 0 saturated heterocycles. The first-order valence-corrected chi connectivity index (χ1v) is 6.10. The minimum atomic E-state index is -0.259. The molecule has 0 saturated carbocycles. The molecule has 92 valence electrons. The quantitative estimate of drug-likeness (QED) is 0.732. The van der Waals surface area contributed by atoms with Gasteiger partial charge in [0.2, 0.25) is 0 Å². The van der Waals surface area contributed by atoms with Gasteiger partial charge in [0.25, 0.3) is 0 Å². The first-order chi connectivity index (χ1) is 8.69. The summed E-state index contributed by atoms with van der Waals surface area (Å²) in [7, 11) is 0. The van der Waals surface area contributed by atoms with Crippen molar-refractivity contribution in [3.05, 3.63) is 34.9 Å². The molecule has 0 bridgehead atoms. The van der Waals surface area contributed by atoms with Crippen LogP contribution in [-0.4, -0.2) is 5.78 Å². The van der Waals surface area contributed by atoms with Gasteiger partial charge in [0.1, 0.15) is 0 Å². The highest BCUT2D eigenvalue weighted by atomic mass is 35.5. The topological polar surface area (TPSA) is 64.7 Å². The van der Waals surface area contributed by atoms with Crippen molar-refractivity contribution in [1.82, 2.24) is 0 Å². The van der Waals surface area contributed by atoms with Gasteiger partial charge in [0.15, 0.2) is 5.78 Å². The van der Waals surface area contributed by atoms with Crippen LogP contribution in [0.3, 0.4) is 0 Å². The Hall–Kier alpha value is -1.84. The first-order valence-electron chi connectivity index (χ1n) is 5.72. The number of carbonyl (C=O) groups excluding carboxylic acids is 1. The van der Waals surface area contributed by atoms with Crippen molar-refractivity contribution in [2.24, 2.45) is 5.92 Å². The lowest BCUT2D eigenvalue weighted by molar-refractivity contribution is 0.0908. The minimum absolute atomic E-state index is 0.0165. The molecule has 1 rings (SSSR count). The molecule has 0 spiro atoms. The van der Waals surface area contributed by atoms with E-state index in [0.717, 1.165) is 0 Å². The van der Waals surface area contributed by atoms with E-state index in [2.05, 4.69) is 0 Å². The summed E-state index contributed by atoms with van der Waals surface area (Å²) in [4.78, 5) is 12.2. The van der Waals surface area contributed by atoms with E-state index < -0.39 is 0 Å². The lowest BCUT2D eigenvalue weighted by Crippen LogP contribution is -2.14. The number of nitriles is 2. The third-order valence-corrected chi connectivity index (χ3v) is 2.96. The van der Waals surface area contributed by atoms with Crippen LogP contribution in [0.4, 0.5) is 0 Å². The van der Waals surface area contributed by atoms with Crippen molar-refractivity contribution >= 4 is 17.4 Å². The molecule has 0 aromatic heterocycles. The molecule has 4 heteroatoms. The highest BCUT2D eigenvalue weighted by Gasteiger charge is 2.19. The molecule has 0 atom stereocenters. The highest BCUT2D eigenvalue weighted by molar-refractivity contribution is 6.30. The van der Waals surface area contributed by atoms with E-state index in [1.807, 2.05) is 12.1 Å². The van der Waals surface area contributed by atoms with Gasteiger partial charge in [-0.25, -0.2) is 0 Å². The van der Waals surface area contributed by atoms with Gasteiger partial charge in [0, 0.05) is 29.3 Å². The number of Topliss-reactive ketones (excluding diaryl/α,β-unsaturated/α-hetero) is 1. The summed E-state index contributed by atoms with van der Waals surface area (Å²) in [5.41, 5.74) is 0.584. The second-order valence-corrected chi connectivity index (χ2v) is 4.40. The number of ketones is 1. The van der Waals surface area contributed by atoms with Crippen LogP contribution in [0, 0.1) is 28.6 Å². The molecule has 0 N–H and O–H groups in total. The summed E-state index contributed by atoms with van der Waals surface area (Å²) in [5.74, 6) is -0.275. The number of carbonyl (C=O) groups is 1. The summed E-state index contributed by atoms with van der Waals surface area (Å²) in [6.45, 7) is 0. The van der Waals surface area contributed by atoms with E-state index in [0.29, 0.717) is 36.3 Å². The van der Waals surface area contributed by atoms with Crippen LogP contribution in [-0.2, 0) is 0 Å². The van der Waals surface area contributed by atoms with Crippen LogP contribution in [0.2, 0.25) is 5.02 Å². The van der Waals surface area contributed by atoms with E-state index in [4.69, 9.17) is 22.1 Å². The Bertz CT molecular complexity index is 464. The second kappa shape index (κ2) is 7.48. The van der Waals surface area contributed by atoms with Crippen LogP contribution in [0.25, 0.3) is 0 Å². The highest BCUT2D eigenvalue weighted by Crippen LogP contribution is 2.20. The SMILES string of the molecule is N#CCCC(CCC#N)C(=O)c1ccc(Cl)cc1. The maximum Gasteiger partial charge on any atom is 0.166 e. The molecule has 3 nitrogen and oxygen atoms in total. The van der Waals surface area contributed by atoms with Crippen LogP contribution in [0.1, 0.15) is 36.0 Å². The number of benzene rings is 1. The molecule has 0 fully saturated rings. The molecule has 18 heavy (non-hydrogen) atoms. The fourth-order valence-electron chi connectivity index (χ4n) is 1.73. The summed E-state index contributed by atoms with van der Waals surface area (Å²) >= 11 is 5.77. The summed E-state index contributed by atoms with van der Waals surface area (Å²) < 4.78 is 0. The number of hydrogen-bond donors (Lipinski definition) is 0. The second-order valence-electron chi connectivity index (χ2n) is 3.96. The van der Waals surface area contributed by atoms with E-state index in [1.165, 1.54) is 0 Å². The number of nitrogens with zero attached hydrogens (tertiary/aromatic N) is 2. The van der Waals surface area contributed by atoms with Crippen molar-refractivity contribution in [3.63, 3.8) is 0 Å². The Morgan fingerprint density at radius 3 is 2.06 bits per heavy atom. The Kier molecular flexibility index (Phi) is 5.91. The number of hydrogen-bond acceptors (Lipinski definition) is 3. The zero-order valence-electron chi connectivity index (χ0n) is 9.90. The molecule has 0 aliphatic carbocycles. The van der Waals surface area contributed by atoms with Crippen molar-refractivity contribution in [2.45, 2.75) is 25.7 Å². The molecular weight excluding hydrogens is 248 g/mol. The maximum atomic E-state index is 12.2. The van der Waals surface area contributed by atoms with Crippen molar-refractivity contribution in [2.75, 3.05) is 0 Å². The van der Waals surface area contributed by atoms with Crippen LogP contribution < -0.4 is 0 Å². The molecule has 1 aromatic rings. The molecule has 0 aliphatic heterocycles. The normalized spacial score (nSPS) is 9.78. The Morgan fingerprint density at radius 1 is 1.11 bits per heavy atom. The van der Waals surface area contributed by atoms with E-state index in [-0.39, 0.29) is 11.7 Å². The van der Waals surface area contributed by atoms with Gasteiger partial charge in [-0.3, -0.25) is 4.79 Å². The average Bonchev–Trinajstić information content (AvgIpc) is 2.39. The average molecular weight is 261 g/mol. The number of halogens is 1. The Labute approximate surface area is 112 Å². The van der Waals surface area contributed by atoms with E-state index >= 15 is 0 Å². The number of rotatable bonds is 6. The summed E-state index contributed by atoms with van der Waals surface area (Å²) in [6, 6.07) is 10.8. The lowest BCUT2D eigenvalue weighted by atomic mass is 9.90. The monoisotopic (exact) mass is 260 g/mol. The van der Waals surface area contributed by atoms with Gasteiger partial charge >= 0.3 is 0 Å². The minimum Gasteiger partial charge on any atom is -0.294 e. The smallest absolute Gasteiger partial charge is 0.166 e. The van der Waals surface area contributed by atoms with Crippen LogP contribution in [0.5, 0.6) is 0 Å². The molecular formula is C14H13ClN2O. The van der Waals surface area contributed by atoms with Gasteiger partial charge < -0.3 is 0 Å². The summed E-state index contributed by atoms with van der Waals surface area (Å²) in [5, 5.41) is 17.8. The molecule has 0 radical (unpaired) electrons. The summed E-state index contributed by atoms with van der Waals surface area (Å²) in [6.07, 6.45) is 1.66. The predicted molar refractivity (Wildman–Crippen MR) is 69.0 cm³/mol. The van der Waals surface area contributed by atoms with Gasteiger partial charge in [-0.05, 0) is 37.1 Å². The molecule has 1 aromatic carbocycles. The van der Waals surface area contributed by atoms with Gasteiger partial charge in [-0.2, -0.15) is 10.5 Å². The standard InChI is InChI=1S/C14H13ClN2O/c15-13-7-5-12(6-8-13)14(18)11(3-1-9-16)4-2-10-17/h5-8,11H,1-4H2. The van der Waals surface area contributed by atoms with E-state index in [9.17, 15) is 4.79 Å². The predicted octanol–water partition coefficient (Wildman–Crippen LogP) is 3.75. The fraction of sp³-hybridized carbons (Fsp3) is 0.357. The van der Waals surface area contributed by atoms with Gasteiger partial charge in [-0.1, -0.05) is 11.6 Å². The third-order valence-electron chi connectivity index (χ3n) is 2.71. The molecule has 0 amide bonds. The van der Waals surface area contributed by atoms with Crippen molar-refractivity contribution in [3.8, 4) is 12.1 Å². The lowest BCUT2D eigenvalue weighted by Gasteiger charge is -2.12. The molecule has 0 unspecified atom stereocenters. The largest absolute Gasteiger partial charge is 0.294 e. The van der Waals surface area contributed by atoms with Gasteiger partial charge in [0.05, 0.1) is 12.1 Å². The molecule has 0 aliphatic rings. The first kappa shape index (κ1) is 14.2. The fourth-order valence-corrected chi connectivity index (χ4v) is 1.86. The third kappa shape index (κ3) is 4.20. The Morgan fingerprint density at radius 2 is 1.61 bits per heavy atom.